The third-order valence-electron chi connectivity index (χ3n) is 2.30. The Morgan fingerprint density at radius 1 is 1.20 bits per heavy atom. The number of hydrogen-bond donors (Lipinski definition) is 1. The highest BCUT2D eigenvalue weighted by molar-refractivity contribution is 7.99. The first kappa shape index (κ1) is 12.4. The van der Waals surface area contributed by atoms with Gasteiger partial charge in [-0.05, 0) is 23.8 Å². The largest absolute Gasteiger partial charge is 0.384 e. The van der Waals surface area contributed by atoms with Gasteiger partial charge in [0.05, 0.1) is 0 Å². The van der Waals surface area contributed by atoms with Gasteiger partial charge in [0.15, 0.2) is 0 Å². The van der Waals surface area contributed by atoms with Crippen molar-refractivity contribution in [2.24, 2.45) is 0 Å². The van der Waals surface area contributed by atoms with Gasteiger partial charge < -0.3 is 5.32 Å². The number of nitrogens with one attached hydrogen (secondary N) is 1. The van der Waals surface area contributed by atoms with Crippen LogP contribution in [0.2, 0.25) is 0 Å². The van der Waals surface area contributed by atoms with Gasteiger partial charge in [0.1, 0.15) is 0 Å². The minimum atomic E-state index is 1.07. The molecule has 1 aromatic rings. The van der Waals surface area contributed by atoms with Crippen molar-refractivity contribution in [2.45, 2.75) is 26.7 Å². The van der Waals surface area contributed by atoms with Gasteiger partial charge in [-0.2, -0.15) is 11.8 Å². The fourth-order valence-electron chi connectivity index (χ4n) is 1.58. The Kier molecular flexibility index (Phi) is 6.33. The highest BCUT2D eigenvalue weighted by Gasteiger charge is 1.98. The molecule has 0 amide bonds. The second-order valence-corrected chi connectivity index (χ2v) is 4.92. The van der Waals surface area contributed by atoms with Crippen molar-refractivity contribution in [1.29, 1.82) is 0 Å². The highest BCUT2D eigenvalue weighted by Crippen LogP contribution is 2.16. The second-order valence-electron chi connectivity index (χ2n) is 3.53. The Hall–Kier alpha value is -0.630. The molecule has 0 bridgehead atoms. The monoisotopic (exact) mass is 223 g/mol. The Bertz CT molecular complexity index is 273. The summed E-state index contributed by atoms with van der Waals surface area (Å²) in [6.45, 7) is 5.50. The Labute approximate surface area is 97.7 Å². The molecule has 0 aliphatic heterocycles. The van der Waals surface area contributed by atoms with Crippen molar-refractivity contribution in [1.82, 2.24) is 0 Å². The minimum absolute atomic E-state index is 1.07. The minimum Gasteiger partial charge on any atom is -0.384 e. The van der Waals surface area contributed by atoms with Crippen LogP contribution in [0.15, 0.2) is 24.3 Å². The summed E-state index contributed by atoms with van der Waals surface area (Å²) in [5.41, 5.74) is 2.76. The lowest BCUT2D eigenvalue weighted by atomic mass is 10.1. The predicted molar refractivity (Wildman–Crippen MR) is 71.9 cm³/mol. The van der Waals surface area contributed by atoms with Crippen molar-refractivity contribution < 1.29 is 0 Å². The topological polar surface area (TPSA) is 12.0 Å². The molecular formula is C13H21NS. The van der Waals surface area contributed by atoms with E-state index < -0.39 is 0 Å². The number of benzene rings is 1. The molecule has 15 heavy (non-hydrogen) atoms. The summed E-state index contributed by atoms with van der Waals surface area (Å²) in [7, 11) is 0. The molecule has 0 saturated carbocycles. The molecule has 0 aliphatic carbocycles. The number of hydrogen-bond acceptors (Lipinski definition) is 2. The normalized spacial score (nSPS) is 10.3. The van der Waals surface area contributed by atoms with Crippen molar-refractivity contribution in [3.8, 4) is 0 Å². The molecule has 84 valence electrons. The van der Waals surface area contributed by atoms with Crippen molar-refractivity contribution in [3.05, 3.63) is 29.8 Å². The van der Waals surface area contributed by atoms with Crippen LogP contribution >= 0.6 is 11.8 Å². The number of aryl methyl sites for hydroxylation is 1. The molecule has 0 fully saturated rings. The van der Waals surface area contributed by atoms with Gasteiger partial charge in [-0.15, -0.1) is 0 Å². The van der Waals surface area contributed by atoms with Crippen molar-refractivity contribution >= 4 is 17.4 Å². The second kappa shape index (κ2) is 7.63. The summed E-state index contributed by atoms with van der Waals surface area (Å²) < 4.78 is 0. The summed E-state index contributed by atoms with van der Waals surface area (Å²) >= 11 is 1.98. The quantitative estimate of drug-likeness (QED) is 0.706. The van der Waals surface area contributed by atoms with Crippen LogP contribution in [0.3, 0.4) is 0 Å². The number of para-hydroxylation sites is 1. The lowest BCUT2D eigenvalue weighted by Gasteiger charge is -2.10. The maximum absolute atomic E-state index is 3.51. The lowest BCUT2D eigenvalue weighted by Crippen LogP contribution is -2.06. The molecular weight excluding hydrogens is 202 g/mol. The summed E-state index contributed by atoms with van der Waals surface area (Å²) in [6, 6.07) is 8.63. The maximum Gasteiger partial charge on any atom is 0.0372 e. The van der Waals surface area contributed by atoms with Gasteiger partial charge in [-0.1, -0.05) is 38.5 Å². The van der Waals surface area contributed by atoms with Crippen LogP contribution in [0.5, 0.6) is 0 Å². The van der Waals surface area contributed by atoms with Crippen LogP contribution < -0.4 is 5.32 Å². The van der Waals surface area contributed by atoms with Gasteiger partial charge in [-0.3, -0.25) is 0 Å². The molecule has 1 nitrogen and oxygen atoms in total. The van der Waals surface area contributed by atoms with Crippen LogP contribution in [-0.4, -0.2) is 18.1 Å². The van der Waals surface area contributed by atoms with Crippen LogP contribution in [0, 0.1) is 0 Å². The maximum atomic E-state index is 3.51. The van der Waals surface area contributed by atoms with Crippen LogP contribution in [-0.2, 0) is 6.42 Å². The predicted octanol–water partition coefficient (Wildman–Crippen LogP) is 3.80. The Balaban J connectivity index is 2.44. The zero-order valence-electron chi connectivity index (χ0n) is 9.75. The van der Waals surface area contributed by atoms with E-state index in [9.17, 15) is 0 Å². The number of thioether (sulfide) groups is 1. The molecule has 0 unspecified atom stereocenters. The zero-order chi connectivity index (χ0) is 10.9. The molecule has 0 heterocycles. The third-order valence-corrected chi connectivity index (χ3v) is 3.20. The van der Waals surface area contributed by atoms with E-state index in [0.29, 0.717) is 0 Å². The molecule has 0 aromatic heterocycles. The molecule has 2 heteroatoms. The van der Waals surface area contributed by atoms with E-state index in [0.717, 1.165) is 6.54 Å². The molecule has 1 rings (SSSR count). The zero-order valence-corrected chi connectivity index (χ0v) is 10.6. The molecule has 0 aliphatic rings. The standard InChI is InChI=1S/C13H21NS/c1-3-7-12-8-5-6-9-13(12)14-10-11-15-4-2/h5-6,8-9,14H,3-4,7,10-11H2,1-2H3. The first-order valence-electron chi connectivity index (χ1n) is 5.78. The smallest absolute Gasteiger partial charge is 0.0372 e. The van der Waals surface area contributed by atoms with Crippen LogP contribution in [0.1, 0.15) is 25.8 Å². The van der Waals surface area contributed by atoms with E-state index in [4.69, 9.17) is 0 Å². The molecule has 0 atom stereocenters. The van der Waals surface area contributed by atoms with E-state index in [2.05, 4.69) is 43.4 Å². The van der Waals surface area contributed by atoms with E-state index in [1.54, 1.807) is 0 Å². The fourth-order valence-corrected chi connectivity index (χ4v) is 2.12. The van der Waals surface area contributed by atoms with Gasteiger partial charge in [-0.25, -0.2) is 0 Å². The van der Waals surface area contributed by atoms with Crippen LogP contribution in [0.4, 0.5) is 5.69 Å². The lowest BCUT2D eigenvalue weighted by molar-refractivity contribution is 0.921. The third kappa shape index (κ3) is 4.61. The summed E-state index contributed by atoms with van der Waals surface area (Å²) in [4.78, 5) is 0. The molecule has 1 aromatic carbocycles. The Morgan fingerprint density at radius 3 is 2.73 bits per heavy atom. The van der Waals surface area contributed by atoms with Crippen molar-refractivity contribution in [3.63, 3.8) is 0 Å². The van der Waals surface area contributed by atoms with Gasteiger partial charge in [0.25, 0.3) is 0 Å². The summed E-state index contributed by atoms with van der Waals surface area (Å²) in [6.07, 6.45) is 2.38. The van der Waals surface area contributed by atoms with Crippen molar-refractivity contribution in [2.75, 3.05) is 23.4 Å². The molecule has 0 saturated heterocycles. The molecule has 0 radical (unpaired) electrons. The average Bonchev–Trinajstić information content (AvgIpc) is 2.27. The molecule has 1 N–H and O–H groups in total. The van der Waals surface area contributed by atoms with Crippen LogP contribution in [0.25, 0.3) is 0 Å². The first-order chi connectivity index (χ1) is 7.38. The van der Waals surface area contributed by atoms with Gasteiger partial charge in [0.2, 0.25) is 0 Å². The SMILES string of the molecule is CCCc1ccccc1NCCSCC. The highest BCUT2D eigenvalue weighted by atomic mass is 32.2. The Morgan fingerprint density at radius 2 is 2.00 bits per heavy atom. The van der Waals surface area contributed by atoms with E-state index >= 15 is 0 Å². The number of rotatable bonds is 7. The molecule has 0 spiro atoms. The average molecular weight is 223 g/mol. The van der Waals surface area contributed by atoms with Gasteiger partial charge in [0, 0.05) is 18.0 Å². The summed E-state index contributed by atoms with van der Waals surface area (Å²) in [5.74, 6) is 2.40. The fraction of sp³-hybridized carbons (Fsp3) is 0.538. The first-order valence-corrected chi connectivity index (χ1v) is 6.93. The van der Waals surface area contributed by atoms with E-state index in [1.807, 2.05) is 11.8 Å². The number of anilines is 1. The van der Waals surface area contributed by atoms with E-state index in [-0.39, 0.29) is 0 Å². The summed E-state index contributed by atoms with van der Waals surface area (Å²) in [5, 5.41) is 3.51. The van der Waals surface area contributed by atoms with Gasteiger partial charge >= 0.3 is 0 Å². The van der Waals surface area contributed by atoms with E-state index in [1.165, 1.54) is 35.6 Å².